The molecule has 0 saturated heterocycles. The number of hydrogen-bond donors (Lipinski definition) is 1. The molecule has 0 fully saturated rings. The van der Waals surface area contributed by atoms with E-state index >= 15 is 0 Å². The van der Waals surface area contributed by atoms with Gasteiger partial charge in [-0.2, -0.15) is 0 Å². The molecule has 2 rings (SSSR count). The second-order valence-electron chi connectivity index (χ2n) is 3.70. The van der Waals surface area contributed by atoms with Gasteiger partial charge in [0.2, 0.25) is 0 Å². The number of rotatable bonds is 2. The summed E-state index contributed by atoms with van der Waals surface area (Å²) < 4.78 is 0. The van der Waals surface area contributed by atoms with Crippen LogP contribution in [0.2, 0.25) is 0 Å². The van der Waals surface area contributed by atoms with Crippen LogP contribution in [0.4, 0.5) is 0 Å². The van der Waals surface area contributed by atoms with Crippen LogP contribution in [-0.2, 0) is 13.0 Å². The molecule has 1 aromatic heterocycles. The quantitative estimate of drug-likeness (QED) is 0.593. The average Bonchev–Trinajstić information content (AvgIpc) is 2.18. The van der Waals surface area contributed by atoms with Crippen LogP contribution >= 0.6 is 11.8 Å². The summed E-state index contributed by atoms with van der Waals surface area (Å²) in [6, 6.07) is 0. The van der Waals surface area contributed by atoms with Gasteiger partial charge in [0.25, 0.3) is 0 Å². The third kappa shape index (κ3) is 2.07. The Morgan fingerprint density at radius 3 is 3.07 bits per heavy atom. The zero-order valence-corrected chi connectivity index (χ0v) is 9.40. The lowest BCUT2D eigenvalue weighted by Gasteiger charge is -2.18. The molecule has 3 nitrogen and oxygen atoms in total. The first-order valence-corrected chi connectivity index (χ1v) is 5.85. The molecule has 2 heterocycles. The van der Waals surface area contributed by atoms with E-state index in [4.69, 9.17) is 0 Å². The Balaban J connectivity index is 2.30. The molecular formula is C10H15N3S. The largest absolute Gasteiger partial charge is 0.312 e. The second-order valence-corrected chi connectivity index (χ2v) is 5.26. The zero-order chi connectivity index (χ0) is 9.97. The van der Waals surface area contributed by atoms with Gasteiger partial charge in [-0.1, -0.05) is 13.8 Å². The molecule has 4 heteroatoms. The normalized spacial score (nSPS) is 15.6. The molecule has 0 amide bonds. The lowest BCUT2D eigenvalue weighted by atomic mass is 10.1. The van der Waals surface area contributed by atoms with Gasteiger partial charge in [0.1, 0.15) is 11.4 Å². The number of aromatic nitrogens is 2. The monoisotopic (exact) mass is 209 g/mol. The Labute approximate surface area is 88.7 Å². The molecular weight excluding hydrogens is 194 g/mol. The Hall–Kier alpha value is -0.610. The highest BCUT2D eigenvalue weighted by Gasteiger charge is 2.15. The number of nitrogens with one attached hydrogen (secondary N) is 1. The summed E-state index contributed by atoms with van der Waals surface area (Å²) in [5, 5.41) is 5.09. The van der Waals surface area contributed by atoms with Crippen molar-refractivity contribution in [2.75, 3.05) is 6.54 Å². The Morgan fingerprint density at radius 2 is 2.29 bits per heavy atom. The summed E-state index contributed by atoms with van der Waals surface area (Å²) in [5.74, 6) is 0. The number of fused-ring (bicyclic) bond motifs is 1. The van der Waals surface area contributed by atoms with E-state index < -0.39 is 0 Å². The van der Waals surface area contributed by atoms with Crippen LogP contribution in [0.15, 0.2) is 11.4 Å². The summed E-state index contributed by atoms with van der Waals surface area (Å²) >= 11 is 1.82. The molecule has 0 saturated carbocycles. The lowest BCUT2D eigenvalue weighted by Crippen LogP contribution is -2.25. The highest BCUT2D eigenvalue weighted by atomic mass is 32.2. The van der Waals surface area contributed by atoms with Crippen LogP contribution in [0.5, 0.6) is 0 Å². The van der Waals surface area contributed by atoms with Crippen LogP contribution in [0.25, 0.3) is 0 Å². The number of hydrogen-bond acceptors (Lipinski definition) is 4. The van der Waals surface area contributed by atoms with E-state index in [-0.39, 0.29) is 0 Å². The first kappa shape index (κ1) is 9.93. The topological polar surface area (TPSA) is 37.8 Å². The van der Waals surface area contributed by atoms with Gasteiger partial charge >= 0.3 is 0 Å². The minimum absolute atomic E-state index is 0.580. The smallest absolute Gasteiger partial charge is 0.116 e. The fourth-order valence-electron chi connectivity index (χ4n) is 1.57. The van der Waals surface area contributed by atoms with Gasteiger partial charge in [0, 0.05) is 30.3 Å². The molecule has 0 radical (unpaired) electrons. The van der Waals surface area contributed by atoms with Crippen molar-refractivity contribution in [1.29, 1.82) is 0 Å². The van der Waals surface area contributed by atoms with E-state index in [9.17, 15) is 0 Å². The molecule has 1 N–H and O–H groups in total. The molecule has 0 aliphatic carbocycles. The molecule has 1 aliphatic heterocycles. The van der Waals surface area contributed by atoms with Crippen molar-refractivity contribution in [3.8, 4) is 0 Å². The Bertz CT molecular complexity index is 325. The van der Waals surface area contributed by atoms with E-state index in [2.05, 4.69) is 29.1 Å². The number of thioether (sulfide) groups is 1. The van der Waals surface area contributed by atoms with Crippen molar-refractivity contribution in [2.45, 2.75) is 37.1 Å². The Morgan fingerprint density at radius 1 is 1.43 bits per heavy atom. The third-order valence-corrected chi connectivity index (χ3v) is 3.23. The van der Waals surface area contributed by atoms with Gasteiger partial charge in [-0.05, 0) is 0 Å². The van der Waals surface area contributed by atoms with E-state index in [1.165, 1.54) is 11.3 Å². The SMILES string of the molecule is CC(C)Sc1ncnc2c1CNCC2. The van der Waals surface area contributed by atoms with Crippen molar-refractivity contribution >= 4 is 11.8 Å². The third-order valence-electron chi connectivity index (χ3n) is 2.18. The fraction of sp³-hybridized carbons (Fsp3) is 0.600. The van der Waals surface area contributed by atoms with Gasteiger partial charge in [-0.15, -0.1) is 11.8 Å². The van der Waals surface area contributed by atoms with Crippen LogP contribution in [0.3, 0.4) is 0 Å². The molecule has 0 spiro atoms. The molecule has 1 aromatic rings. The van der Waals surface area contributed by atoms with E-state index in [1.807, 2.05) is 11.8 Å². The van der Waals surface area contributed by atoms with Crippen molar-refractivity contribution in [1.82, 2.24) is 15.3 Å². The second kappa shape index (κ2) is 4.28. The summed E-state index contributed by atoms with van der Waals surface area (Å²) in [5.41, 5.74) is 2.53. The van der Waals surface area contributed by atoms with E-state index in [0.717, 1.165) is 24.5 Å². The van der Waals surface area contributed by atoms with Crippen molar-refractivity contribution in [3.63, 3.8) is 0 Å². The molecule has 0 unspecified atom stereocenters. The summed E-state index contributed by atoms with van der Waals surface area (Å²) in [7, 11) is 0. The number of nitrogens with zero attached hydrogens (tertiary/aromatic N) is 2. The van der Waals surface area contributed by atoms with E-state index in [1.54, 1.807) is 6.33 Å². The first-order valence-electron chi connectivity index (χ1n) is 4.97. The predicted molar refractivity (Wildman–Crippen MR) is 58.4 cm³/mol. The van der Waals surface area contributed by atoms with Crippen LogP contribution in [-0.4, -0.2) is 21.8 Å². The first-order chi connectivity index (χ1) is 6.77. The van der Waals surface area contributed by atoms with Crippen LogP contribution in [0.1, 0.15) is 25.1 Å². The summed E-state index contributed by atoms with van der Waals surface area (Å²) in [6.07, 6.45) is 2.72. The molecule has 1 aliphatic rings. The minimum Gasteiger partial charge on any atom is -0.312 e. The highest BCUT2D eigenvalue weighted by Crippen LogP contribution is 2.26. The lowest BCUT2D eigenvalue weighted by molar-refractivity contribution is 0.610. The minimum atomic E-state index is 0.580. The average molecular weight is 209 g/mol. The maximum Gasteiger partial charge on any atom is 0.116 e. The van der Waals surface area contributed by atoms with Gasteiger partial charge in [0.15, 0.2) is 0 Å². The van der Waals surface area contributed by atoms with Gasteiger partial charge in [-0.25, -0.2) is 9.97 Å². The van der Waals surface area contributed by atoms with Crippen LogP contribution in [0, 0.1) is 0 Å². The zero-order valence-electron chi connectivity index (χ0n) is 8.58. The fourth-order valence-corrected chi connectivity index (χ4v) is 2.46. The van der Waals surface area contributed by atoms with Gasteiger partial charge in [-0.3, -0.25) is 0 Å². The molecule has 14 heavy (non-hydrogen) atoms. The van der Waals surface area contributed by atoms with Crippen LogP contribution < -0.4 is 5.32 Å². The van der Waals surface area contributed by atoms with Crippen molar-refractivity contribution < 1.29 is 0 Å². The Kier molecular flexibility index (Phi) is 3.03. The molecule has 0 atom stereocenters. The molecule has 0 aromatic carbocycles. The summed E-state index contributed by atoms with van der Waals surface area (Å²) in [6.45, 7) is 6.34. The predicted octanol–water partition coefficient (Wildman–Crippen LogP) is 1.62. The van der Waals surface area contributed by atoms with Crippen molar-refractivity contribution in [3.05, 3.63) is 17.6 Å². The maximum absolute atomic E-state index is 4.34. The highest BCUT2D eigenvalue weighted by molar-refractivity contribution is 7.99. The molecule has 76 valence electrons. The maximum atomic E-state index is 4.34. The summed E-state index contributed by atoms with van der Waals surface area (Å²) in [4.78, 5) is 8.67. The standard InChI is InChI=1S/C10H15N3S/c1-7(2)14-10-8-5-11-4-3-9(8)12-6-13-10/h6-7,11H,3-5H2,1-2H3. The molecule has 0 bridgehead atoms. The van der Waals surface area contributed by atoms with Crippen molar-refractivity contribution in [2.24, 2.45) is 0 Å². The van der Waals surface area contributed by atoms with Gasteiger partial charge < -0.3 is 5.32 Å². The van der Waals surface area contributed by atoms with Gasteiger partial charge in [0.05, 0.1) is 5.69 Å². The van der Waals surface area contributed by atoms with E-state index in [0.29, 0.717) is 5.25 Å².